The summed E-state index contributed by atoms with van der Waals surface area (Å²) in [4.78, 5) is 0. The summed E-state index contributed by atoms with van der Waals surface area (Å²) in [5.74, 6) is 1.74. The summed E-state index contributed by atoms with van der Waals surface area (Å²) in [6, 6.07) is 11.7. The van der Waals surface area contributed by atoms with E-state index in [1.807, 2.05) is 49.4 Å². The molecule has 0 aliphatic heterocycles. The fourth-order valence-corrected chi connectivity index (χ4v) is 2.35. The molecule has 0 radical (unpaired) electrons. The molecule has 0 N–H and O–H groups in total. The number of benzene rings is 2. The van der Waals surface area contributed by atoms with Gasteiger partial charge in [-0.1, -0.05) is 24.3 Å². The van der Waals surface area contributed by atoms with Crippen LogP contribution < -0.4 is 14.2 Å². The highest BCUT2D eigenvalue weighted by molar-refractivity contribution is 5.77. The van der Waals surface area contributed by atoms with E-state index in [1.165, 1.54) is 0 Å². The predicted molar refractivity (Wildman–Crippen MR) is 90.9 cm³/mol. The van der Waals surface area contributed by atoms with E-state index in [2.05, 4.69) is 6.07 Å². The molecule has 0 fully saturated rings. The van der Waals surface area contributed by atoms with Crippen LogP contribution in [-0.2, 0) is 0 Å². The predicted octanol–water partition coefficient (Wildman–Crippen LogP) is 4.06. The molecule has 0 aliphatic carbocycles. The molecule has 0 unspecified atom stereocenters. The molecule has 23 heavy (non-hydrogen) atoms. The van der Waals surface area contributed by atoms with Crippen LogP contribution in [0.25, 0.3) is 12.2 Å². The molecule has 0 amide bonds. The van der Waals surface area contributed by atoms with E-state index in [0.29, 0.717) is 22.8 Å². The summed E-state index contributed by atoms with van der Waals surface area (Å²) >= 11 is 0. The molecule has 0 bridgehead atoms. The van der Waals surface area contributed by atoms with E-state index in [-0.39, 0.29) is 0 Å². The van der Waals surface area contributed by atoms with Gasteiger partial charge in [0.2, 0.25) is 5.75 Å². The summed E-state index contributed by atoms with van der Waals surface area (Å²) in [6.07, 6.45) is 3.79. The molecular formula is C19H19NO3. The minimum absolute atomic E-state index is 0.543. The first-order chi connectivity index (χ1) is 11.1. The van der Waals surface area contributed by atoms with Crippen LogP contribution in [0.15, 0.2) is 30.3 Å². The molecule has 0 atom stereocenters. The second kappa shape index (κ2) is 7.37. The highest BCUT2D eigenvalue weighted by atomic mass is 16.5. The molecule has 0 aliphatic rings. The van der Waals surface area contributed by atoms with Gasteiger partial charge in [-0.05, 0) is 36.2 Å². The highest BCUT2D eigenvalue weighted by Crippen LogP contribution is 2.40. The van der Waals surface area contributed by atoms with E-state index in [4.69, 9.17) is 14.2 Å². The summed E-state index contributed by atoms with van der Waals surface area (Å²) < 4.78 is 16.1. The van der Waals surface area contributed by atoms with Crippen molar-refractivity contribution in [2.75, 3.05) is 21.3 Å². The van der Waals surface area contributed by atoms with Crippen molar-refractivity contribution in [3.63, 3.8) is 0 Å². The lowest BCUT2D eigenvalue weighted by molar-refractivity contribution is 0.324. The first-order valence-electron chi connectivity index (χ1n) is 7.12. The standard InChI is InChI=1S/C19H19NO3/c1-13-5-6-14(16(11-13)12-20)7-8-15-9-10-17(21-2)19(23-4)18(15)22-3/h5-11H,1-4H3. The van der Waals surface area contributed by atoms with Crippen molar-refractivity contribution in [3.05, 3.63) is 52.6 Å². The first-order valence-corrected chi connectivity index (χ1v) is 7.12. The normalized spacial score (nSPS) is 10.4. The van der Waals surface area contributed by atoms with Crippen molar-refractivity contribution in [2.24, 2.45) is 0 Å². The van der Waals surface area contributed by atoms with Crippen LogP contribution in [0.3, 0.4) is 0 Å². The summed E-state index contributed by atoms with van der Waals surface area (Å²) in [5.41, 5.74) is 3.40. The van der Waals surface area contributed by atoms with Crippen molar-refractivity contribution in [1.29, 1.82) is 5.26 Å². The fraction of sp³-hybridized carbons (Fsp3) is 0.211. The van der Waals surface area contributed by atoms with Gasteiger partial charge < -0.3 is 14.2 Å². The molecule has 4 heteroatoms. The Labute approximate surface area is 136 Å². The summed E-state index contributed by atoms with van der Waals surface area (Å²) in [6.45, 7) is 1.96. The zero-order valence-electron chi connectivity index (χ0n) is 13.7. The minimum Gasteiger partial charge on any atom is -0.493 e. The molecule has 0 heterocycles. The third-order valence-electron chi connectivity index (χ3n) is 3.51. The molecule has 0 spiro atoms. The average molecular weight is 309 g/mol. The lowest BCUT2D eigenvalue weighted by Gasteiger charge is -2.14. The number of nitriles is 1. The molecule has 4 nitrogen and oxygen atoms in total. The van der Waals surface area contributed by atoms with Gasteiger partial charge in [-0.3, -0.25) is 0 Å². The number of hydrogen-bond acceptors (Lipinski definition) is 4. The molecule has 0 saturated carbocycles. The minimum atomic E-state index is 0.543. The number of rotatable bonds is 5. The van der Waals surface area contributed by atoms with Crippen molar-refractivity contribution in [2.45, 2.75) is 6.92 Å². The molecule has 0 saturated heterocycles. The van der Waals surface area contributed by atoms with E-state index >= 15 is 0 Å². The van der Waals surface area contributed by atoms with Gasteiger partial charge in [-0.2, -0.15) is 5.26 Å². The lowest BCUT2D eigenvalue weighted by atomic mass is 10.0. The number of nitrogens with zero attached hydrogens (tertiary/aromatic N) is 1. The third-order valence-corrected chi connectivity index (χ3v) is 3.51. The van der Waals surface area contributed by atoms with Crippen molar-refractivity contribution in [1.82, 2.24) is 0 Å². The molecule has 118 valence electrons. The number of ether oxygens (including phenoxy) is 3. The smallest absolute Gasteiger partial charge is 0.203 e. The largest absolute Gasteiger partial charge is 0.493 e. The second-order valence-electron chi connectivity index (χ2n) is 4.96. The van der Waals surface area contributed by atoms with Gasteiger partial charge in [0.25, 0.3) is 0 Å². The number of aryl methyl sites for hydroxylation is 1. The van der Waals surface area contributed by atoms with Crippen LogP contribution in [0.2, 0.25) is 0 Å². The first kappa shape index (κ1) is 16.4. The summed E-state index contributed by atoms with van der Waals surface area (Å²) in [7, 11) is 4.74. The van der Waals surface area contributed by atoms with Gasteiger partial charge in [0, 0.05) is 5.56 Å². The Morgan fingerprint density at radius 3 is 2.13 bits per heavy atom. The Bertz CT molecular complexity index is 773. The van der Waals surface area contributed by atoms with E-state index in [1.54, 1.807) is 21.3 Å². The number of methoxy groups -OCH3 is 3. The third kappa shape index (κ3) is 3.46. The zero-order valence-corrected chi connectivity index (χ0v) is 13.7. The number of hydrogen-bond donors (Lipinski definition) is 0. The maximum atomic E-state index is 9.25. The molecule has 2 aromatic rings. The summed E-state index contributed by atoms with van der Waals surface area (Å²) in [5, 5.41) is 9.25. The van der Waals surface area contributed by atoms with E-state index in [0.717, 1.165) is 16.7 Å². The van der Waals surface area contributed by atoms with Gasteiger partial charge >= 0.3 is 0 Å². The van der Waals surface area contributed by atoms with E-state index < -0.39 is 0 Å². The van der Waals surface area contributed by atoms with Crippen LogP contribution >= 0.6 is 0 Å². The van der Waals surface area contributed by atoms with Crippen LogP contribution in [0.5, 0.6) is 17.2 Å². The molecule has 2 aromatic carbocycles. The van der Waals surface area contributed by atoms with Crippen molar-refractivity contribution < 1.29 is 14.2 Å². The van der Waals surface area contributed by atoms with Crippen molar-refractivity contribution >= 4 is 12.2 Å². The van der Waals surface area contributed by atoms with Crippen LogP contribution in [0.4, 0.5) is 0 Å². The molecular weight excluding hydrogens is 290 g/mol. The molecule has 2 rings (SSSR count). The van der Waals surface area contributed by atoms with Crippen LogP contribution in [0, 0.1) is 18.3 Å². The Morgan fingerprint density at radius 1 is 0.870 bits per heavy atom. The van der Waals surface area contributed by atoms with Crippen LogP contribution in [0.1, 0.15) is 22.3 Å². The van der Waals surface area contributed by atoms with Gasteiger partial charge in [0.1, 0.15) is 0 Å². The second-order valence-corrected chi connectivity index (χ2v) is 4.96. The quantitative estimate of drug-likeness (QED) is 0.781. The Balaban J connectivity index is 2.46. The Hall–Kier alpha value is -2.93. The van der Waals surface area contributed by atoms with Gasteiger partial charge in [-0.15, -0.1) is 0 Å². The highest BCUT2D eigenvalue weighted by Gasteiger charge is 2.14. The Kier molecular flexibility index (Phi) is 5.27. The maximum Gasteiger partial charge on any atom is 0.203 e. The van der Waals surface area contributed by atoms with Gasteiger partial charge in [0.05, 0.1) is 33.0 Å². The van der Waals surface area contributed by atoms with Gasteiger partial charge in [-0.25, -0.2) is 0 Å². The van der Waals surface area contributed by atoms with Crippen LogP contribution in [-0.4, -0.2) is 21.3 Å². The Morgan fingerprint density at radius 2 is 1.52 bits per heavy atom. The van der Waals surface area contributed by atoms with Gasteiger partial charge in [0.15, 0.2) is 11.5 Å². The fourth-order valence-electron chi connectivity index (χ4n) is 2.35. The monoisotopic (exact) mass is 309 g/mol. The van der Waals surface area contributed by atoms with Crippen molar-refractivity contribution in [3.8, 4) is 23.3 Å². The lowest BCUT2D eigenvalue weighted by Crippen LogP contribution is -1.96. The molecule has 0 aromatic heterocycles. The average Bonchev–Trinajstić information content (AvgIpc) is 2.59. The maximum absolute atomic E-state index is 9.25. The topological polar surface area (TPSA) is 51.5 Å². The van der Waals surface area contributed by atoms with E-state index in [9.17, 15) is 5.26 Å². The SMILES string of the molecule is COc1ccc(C=Cc2ccc(C)cc2C#N)c(OC)c1OC. The zero-order chi connectivity index (χ0) is 16.8.